The van der Waals surface area contributed by atoms with E-state index in [1.165, 1.54) is 19.1 Å². The fraction of sp³-hybridized carbons (Fsp3) is 0.462. The fourth-order valence-corrected chi connectivity index (χ4v) is 1.96. The molecule has 1 aromatic rings. The van der Waals surface area contributed by atoms with E-state index in [1.54, 1.807) is 4.90 Å². The smallest absolute Gasteiger partial charge is 0.263 e. The summed E-state index contributed by atoms with van der Waals surface area (Å²) in [4.78, 5) is 13.7. The number of hydrogen-bond acceptors (Lipinski definition) is 3. The number of ether oxygens (including phenoxy) is 1. The van der Waals surface area contributed by atoms with Gasteiger partial charge in [-0.05, 0) is 19.1 Å². The molecule has 1 heterocycles. The third-order valence-corrected chi connectivity index (χ3v) is 3.00. The zero-order chi connectivity index (χ0) is 13.8. The number of hydrogen-bond donors (Lipinski definition) is 1. The Morgan fingerprint density at radius 1 is 1.35 bits per heavy atom. The molecule has 112 valence electrons. The first-order chi connectivity index (χ1) is 9.09. The maximum atomic E-state index is 13.4. The fourth-order valence-electron chi connectivity index (χ4n) is 1.96. The maximum absolute atomic E-state index is 13.4. The van der Waals surface area contributed by atoms with Gasteiger partial charge in [-0.15, -0.1) is 12.4 Å². The second-order valence-electron chi connectivity index (χ2n) is 4.39. The Labute approximate surface area is 122 Å². The Morgan fingerprint density at radius 2 is 2.00 bits per heavy atom. The Bertz CT molecular complexity index is 468. The highest BCUT2D eigenvalue weighted by Crippen LogP contribution is 2.20. The Hall–Kier alpha value is -1.40. The average Bonchev–Trinajstić information content (AvgIpc) is 2.44. The number of halogens is 3. The molecule has 0 spiro atoms. The van der Waals surface area contributed by atoms with Crippen LogP contribution in [-0.4, -0.2) is 43.1 Å². The Balaban J connectivity index is 0.00000200. The molecule has 1 aliphatic heterocycles. The van der Waals surface area contributed by atoms with Crippen LogP contribution in [0.25, 0.3) is 0 Å². The van der Waals surface area contributed by atoms with Crippen molar-refractivity contribution in [1.29, 1.82) is 0 Å². The van der Waals surface area contributed by atoms with E-state index < -0.39 is 17.7 Å². The first-order valence-electron chi connectivity index (χ1n) is 6.20. The number of nitrogens with one attached hydrogen (secondary N) is 1. The summed E-state index contributed by atoms with van der Waals surface area (Å²) in [7, 11) is 0. The van der Waals surface area contributed by atoms with E-state index in [4.69, 9.17) is 4.74 Å². The van der Waals surface area contributed by atoms with Crippen LogP contribution in [0.15, 0.2) is 18.2 Å². The number of piperazine rings is 1. The molecule has 0 aromatic heterocycles. The molecule has 1 unspecified atom stereocenters. The van der Waals surface area contributed by atoms with E-state index in [0.717, 1.165) is 19.2 Å². The van der Waals surface area contributed by atoms with Gasteiger partial charge >= 0.3 is 0 Å². The minimum absolute atomic E-state index is 0. The van der Waals surface area contributed by atoms with E-state index in [2.05, 4.69) is 5.32 Å². The molecule has 1 amide bonds. The van der Waals surface area contributed by atoms with E-state index in [9.17, 15) is 13.6 Å². The first-order valence-corrected chi connectivity index (χ1v) is 6.20. The molecule has 7 heteroatoms. The van der Waals surface area contributed by atoms with Crippen molar-refractivity contribution in [2.45, 2.75) is 13.0 Å². The van der Waals surface area contributed by atoms with Crippen LogP contribution < -0.4 is 10.1 Å². The molecule has 1 aliphatic rings. The average molecular weight is 307 g/mol. The Morgan fingerprint density at radius 3 is 2.65 bits per heavy atom. The van der Waals surface area contributed by atoms with Crippen molar-refractivity contribution in [2.24, 2.45) is 0 Å². The van der Waals surface area contributed by atoms with Crippen molar-refractivity contribution in [3.8, 4) is 5.75 Å². The summed E-state index contributed by atoms with van der Waals surface area (Å²) >= 11 is 0. The molecule has 0 bridgehead atoms. The molecule has 1 fully saturated rings. The van der Waals surface area contributed by atoms with Crippen molar-refractivity contribution < 1.29 is 18.3 Å². The van der Waals surface area contributed by atoms with Crippen molar-refractivity contribution in [3.05, 3.63) is 29.8 Å². The lowest BCUT2D eigenvalue weighted by Crippen LogP contribution is -2.50. The Kier molecular flexibility index (Phi) is 6.16. The zero-order valence-corrected chi connectivity index (χ0v) is 11.9. The van der Waals surface area contributed by atoms with Crippen molar-refractivity contribution in [2.75, 3.05) is 26.2 Å². The number of carbonyl (C=O) groups is 1. The first kappa shape index (κ1) is 16.7. The SMILES string of the molecule is CC(Oc1cccc(F)c1F)C(=O)N1CCNCC1.Cl. The van der Waals surface area contributed by atoms with Crippen molar-refractivity contribution in [3.63, 3.8) is 0 Å². The molecule has 1 saturated heterocycles. The van der Waals surface area contributed by atoms with Gasteiger partial charge in [0.05, 0.1) is 0 Å². The van der Waals surface area contributed by atoms with Gasteiger partial charge in [-0.3, -0.25) is 4.79 Å². The molecule has 1 aromatic carbocycles. The van der Waals surface area contributed by atoms with Gasteiger partial charge in [-0.1, -0.05) is 6.07 Å². The quantitative estimate of drug-likeness (QED) is 0.922. The molecule has 0 radical (unpaired) electrons. The van der Waals surface area contributed by atoms with Gasteiger partial charge in [-0.25, -0.2) is 4.39 Å². The predicted molar refractivity (Wildman–Crippen MR) is 73.1 cm³/mol. The predicted octanol–water partition coefficient (Wildman–Crippen LogP) is 1.59. The zero-order valence-electron chi connectivity index (χ0n) is 11.1. The molecule has 2 rings (SSSR count). The summed E-state index contributed by atoms with van der Waals surface area (Å²) in [5.41, 5.74) is 0. The molecule has 1 atom stereocenters. The van der Waals surface area contributed by atoms with Crippen LogP contribution in [-0.2, 0) is 4.79 Å². The van der Waals surface area contributed by atoms with E-state index in [1.807, 2.05) is 0 Å². The molecular formula is C13H17ClF2N2O2. The number of benzene rings is 1. The summed E-state index contributed by atoms with van der Waals surface area (Å²) in [6.07, 6.45) is -0.839. The van der Waals surface area contributed by atoms with Crippen LogP contribution in [0.5, 0.6) is 5.75 Å². The number of amides is 1. The van der Waals surface area contributed by atoms with Gasteiger partial charge in [0.15, 0.2) is 17.7 Å². The second-order valence-corrected chi connectivity index (χ2v) is 4.39. The summed E-state index contributed by atoms with van der Waals surface area (Å²) in [6.45, 7) is 4.19. The van der Waals surface area contributed by atoms with Crippen molar-refractivity contribution >= 4 is 18.3 Å². The summed E-state index contributed by atoms with van der Waals surface area (Å²) in [5.74, 6) is -2.51. The van der Waals surface area contributed by atoms with E-state index in [0.29, 0.717) is 13.1 Å². The third kappa shape index (κ3) is 3.80. The van der Waals surface area contributed by atoms with Crippen LogP contribution in [0.4, 0.5) is 8.78 Å². The van der Waals surface area contributed by atoms with E-state index in [-0.39, 0.29) is 24.1 Å². The van der Waals surface area contributed by atoms with Gasteiger partial charge in [0, 0.05) is 26.2 Å². The minimum Gasteiger partial charge on any atom is -0.478 e. The van der Waals surface area contributed by atoms with E-state index >= 15 is 0 Å². The van der Waals surface area contributed by atoms with Gasteiger partial charge in [0.2, 0.25) is 5.82 Å². The highest BCUT2D eigenvalue weighted by molar-refractivity contribution is 5.85. The van der Waals surface area contributed by atoms with Crippen LogP contribution in [0.1, 0.15) is 6.92 Å². The summed E-state index contributed by atoms with van der Waals surface area (Å²) in [5, 5.41) is 3.13. The normalized spacial score (nSPS) is 16.2. The number of carbonyl (C=O) groups excluding carboxylic acids is 1. The lowest BCUT2D eigenvalue weighted by Gasteiger charge is -2.29. The summed E-state index contributed by atoms with van der Waals surface area (Å²) in [6, 6.07) is 3.65. The van der Waals surface area contributed by atoms with Crippen LogP contribution in [0, 0.1) is 11.6 Å². The van der Waals surface area contributed by atoms with Crippen LogP contribution in [0.3, 0.4) is 0 Å². The van der Waals surface area contributed by atoms with Crippen LogP contribution in [0.2, 0.25) is 0 Å². The molecule has 4 nitrogen and oxygen atoms in total. The molecule has 20 heavy (non-hydrogen) atoms. The highest BCUT2D eigenvalue weighted by Gasteiger charge is 2.24. The van der Waals surface area contributed by atoms with Gasteiger partial charge < -0.3 is 15.0 Å². The largest absolute Gasteiger partial charge is 0.478 e. The minimum atomic E-state index is -1.07. The van der Waals surface area contributed by atoms with Gasteiger partial charge in [0.1, 0.15) is 0 Å². The topological polar surface area (TPSA) is 41.6 Å². The van der Waals surface area contributed by atoms with Gasteiger partial charge in [-0.2, -0.15) is 4.39 Å². The summed E-state index contributed by atoms with van der Waals surface area (Å²) < 4.78 is 31.7. The lowest BCUT2D eigenvalue weighted by molar-refractivity contribution is -0.138. The second kappa shape index (κ2) is 7.40. The van der Waals surface area contributed by atoms with Gasteiger partial charge in [0.25, 0.3) is 5.91 Å². The van der Waals surface area contributed by atoms with Crippen LogP contribution >= 0.6 is 12.4 Å². The monoisotopic (exact) mass is 306 g/mol. The standard InChI is InChI=1S/C13H16F2N2O2.ClH/c1-9(13(18)17-7-5-16-6-8-17)19-11-4-2-3-10(14)12(11)15;/h2-4,9,16H,5-8H2,1H3;1H. The number of nitrogens with zero attached hydrogens (tertiary/aromatic N) is 1. The number of rotatable bonds is 3. The molecule has 0 saturated carbocycles. The van der Waals surface area contributed by atoms with Crippen molar-refractivity contribution in [1.82, 2.24) is 10.2 Å². The molecular weight excluding hydrogens is 290 g/mol. The lowest BCUT2D eigenvalue weighted by atomic mass is 10.2. The third-order valence-electron chi connectivity index (χ3n) is 3.00. The molecule has 1 N–H and O–H groups in total. The highest BCUT2D eigenvalue weighted by atomic mass is 35.5. The maximum Gasteiger partial charge on any atom is 0.263 e. The molecule has 0 aliphatic carbocycles.